The lowest BCUT2D eigenvalue weighted by Crippen LogP contribution is -1.81. The second kappa shape index (κ2) is 2.80. The van der Waals surface area contributed by atoms with Crippen LogP contribution in [-0.4, -0.2) is 5.11 Å². The number of halogens is 1. The van der Waals surface area contributed by atoms with Crippen LogP contribution in [0.2, 0.25) is 0 Å². The molecule has 54 valence electrons. The Kier molecular flexibility index (Phi) is 2.02. The molecule has 0 saturated carbocycles. The number of phenols is 1. The Bertz CT molecular complexity index is 237. The maximum Gasteiger partial charge on any atom is 0.140 e. The van der Waals surface area contributed by atoms with Gasteiger partial charge in [-0.2, -0.15) is 0 Å². The minimum Gasteiger partial charge on any atom is -0.506 e. The molecule has 0 fully saturated rings. The van der Waals surface area contributed by atoms with Gasteiger partial charge in [-0.1, -0.05) is 6.07 Å². The highest BCUT2D eigenvalue weighted by atomic mass is 35.5. The topological polar surface area (TPSA) is 32.3 Å². The van der Waals surface area contributed by atoms with E-state index in [2.05, 4.69) is 4.84 Å². The van der Waals surface area contributed by atoms with Crippen LogP contribution in [-0.2, 0) is 0 Å². The van der Waals surface area contributed by atoms with Crippen LogP contribution < -0.4 is 4.84 Å². The smallest absolute Gasteiger partial charge is 0.140 e. The summed E-state index contributed by atoms with van der Waals surface area (Å²) in [5.41, 5.74) is 1.54. The molecule has 0 unspecified atom stereocenters. The fourth-order valence-corrected chi connectivity index (χ4v) is 0.881. The summed E-state index contributed by atoms with van der Waals surface area (Å²) in [5, 5.41) is 9.14. The minimum atomic E-state index is 0.176. The van der Waals surface area contributed by atoms with Crippen molar-refractivity contribution < 1.29 is 5.11 Å². The number of rotatable bonds is 1. The summed E-state index contributed by atoms with van der Waals surface area (Å²) in [5.74, 6) is 0.176. The summed E-state index contributed by atoms with van der Waals surface area (Å²) < 4.78 is 0. The van der Waals surface area contributed by atoms with E-state index in [1.807, 2.05) is 13.0 Å². The van der Waals surface area contributed by atoms with E-state index in [9.17, 15) is 0 Å². The van der Waals surface area contributed by atoms with Crippen molar-refractivity contribution in [3.05, 3.63) is 23.8 Å². The second-order valence-electron chi connectivity index (χ2n) is 2.12. The molecule has 1 rings (SSSR count). The zero-order valence-corrected chi connectivity index (χ0v) is 6.31. The second-order valence-corrected chi connectivity index (χ2v) is 2.30. The van der Waals surface area contributed by atoms with Crippen LogP contribution in [0.4, 0.5) is 5.69 Å². The van der Waals surface area contributed by atoms with Gasteiger partial charge in [-0.3, -0.25) is 4.84 Å². The normalized spacial score (nSPS) is 9.40. The molecule has 0 amide bonds. The molecule has 3 heteroatoms. The summed E-state index contributed by atoms with van der Waals surface area (Å²) in [6.45, 7) is 1.90. The van der Waals surface area contributed by atoms with E-state index in [1.165, 1.54) is 0 Å². The minimum absolute atomic E-state index is 0.176. The predicted molar refractivity (Wildman–Crippen MR) is 42.3 cm³/mol. The van der Waals surface area contributed by atoms with Gasteiger partial charge in [-0.05, 0) is 24.6 Å². The van der Waals surface area contributed by atoms with E-state index in [0.29, 0.717) is 5.69 Å². The van der Waals surface area contributed by atoms with Crippen molar-refractivity contribution >= 4 is 17.5 Å². The van der Waals surface area contributed by atoms with Crippen LogP contribution in [0.5, 0.6) is 5.75 Å². The van der Waals surface area contributed by atoms with Gasteiger partial charge in [0.05, 0.1) is 5.69 Å². The number of aryl methyl sites for hydroxylation is 1. The molecule has 0 saturated heterocycles. The van der Waals surface area contributed by atoms with E-state index in [0.717, 1.165) is 5.56 Å². The molecule has 1 aromatic carbocycles. The zero-order chi connectivity index (χ0) is 7.56. The Balaban J connectivity index is 3.07. The van der Waals surface area contributed by atoms with Crippen molar-refractivity contribution in [2.45, 2.75) is 6.92 Å². The molecule has 0 radical (unpaired) electrons. The predicted octanol–water partition coefficient (Wildman–Crippen LogP) is 2.27. The molecule has 0 spiro atoms. The monoisotopic (exact) mass is 157 g/mol. The Morgan fingerprint density at radius 3 is 2.70 bits per heavy atom. The third-order valence-electron chi connectivity index (χ3n) is 1.26. The summed E-state index contributed by atoms with van der Waals surface area (Å²) in [6.07, 6.45) is 0. The van der Waals surface area contributed by atoms with E-state index in [-0.39, 0.29) is 5.75 Å². The van der Waals surface area contributed by atoms with Gasteiger partial charge in [-0.15, -0.1) is 0 Å². The van der Waals surface area contributed by atoms with Crippen LogP contribution >= 0.6 is 11.8 Å². The molecule has 10 heavy (non-hydrogen) atoms. The number of anilines is 1. The van der Waals surface area contributed by atoms with E-state index in [1.54, 1.807) is 12.1 Å². The Labute approximate surface area is 64.6 Å². The molecule has 0 atom stereocenters. The quantitative estimate of drug-likeness (QED) is 0.484. The number of hydrogen-bond donors (Lipinski definition) is 2. The molecule has 0 aliphatic rings. The number of benzene rings is 1. The van der Waals surface area contributed by atoms with Gasteiger partial charge in [0, 0.05) is 11.8 Å². The van der Waals surface area contributed by atoms with Gasteiger partial charge < -0.3 is 5.11 Å². The lowest BCUT2D eigenvalue weighted by molar-refractivity contribution is 0.477. The van der Waals surface area contributed by atoms with Crippen molar-refractivity contribution in [2.24, 2.45) is 0 Å². The van der Waals surface area contributed by atoms with Gasteiger partial charge >= 0.3 is 0 Å². The number of nitrogens with one attached hydrogen (secondary N) is 1. The fourth-order valence-electron chi connectivity index (χ4n) is 0.722. The van der Waals surface area contributed by atoms with E-state index < -0.39 is 0 Å². The van der Waals surface area contributed by atoms with Crippen molar-refractivity contribution in [1.82, 2.24) is 0 Å². The van der Waals surface area contributed by atoms with Gasteiger partial charge in [0.1, 0.15) is 5.75 Å². The average molecular weight is 158 g/mol. The van der Waals surface area contributed by atoms with Gasteiger partial charge in [0.15, 0.2) is 0 Å². The average Bonchev–Trinajstić information content (AvgIpc) is 1.88. The number of aromatic hydroxyl groups is 1. The standard InChI is InChI=1S/C7H8ClNO/c1-5-2-3-6(9-8)7(10)4-5/h2-4,9-10H,1H3. The summed E-state index contributed by atoms with van der Waals surface area (Å²) in [7, 11) is 0. The first-order chi connectivity index (χ1) is 4.74. The lowest BCUT2D eigenvalue weighted by atomic mass is 10.2. The van der Waals surface area contributed by atoms with Crippen LogP contribution in [0.15, 0.2) is 18.2 Å². The molecule has 2 N–H and O–H groups in total. The highest BCUT2D eigenvalue weighted by Gasteiger charge is 1.96. The van der Waals surface area contributed by atoms with Crippen molar-refractivity contribution in [1.29, 1.82) is 0 Å². The lowest BCUT2D eigenvalue weighted by Gasteiger charge is -2.00. The fraction of sp³-hybridized carbons (Fsp3) is 0.143. The molecule has 0 aliphatic heterocycles. The molecule has 0 aromatic heterocycles. The number of phenolic OH excluding ortho intramolecular Hbond substituents is 1. The Hall–Kier alpha value is -0.890. The van der Waals surface area contributed by atoms with Crippen LogP contribution in [0, 0.1) is 6.92 Å². The van der Waals surface area contributed by atoms with Crippen molar-refractivity contribution in [3.8, 4) is 5.75 Å². The van der Waals surface area contributed by atoms with Gasteiger partial charge in [-0.25, -0.2) is 0 Å². The first-order valence-corrected chi connectivity index (χ1v) is 3.28. The molecule has 0 bridgehead atoms. The van der Waals surface area contributed by atoms with E-state index in [4.69, 9.17) is 16.9 Å². The Morgan fingerprint density at radius 2 is 2.20 bits per heavy atom. The molecular weight excluding hydrogens is 150 g/mol. The highest BCUT2D eigenvalue weighted by Crippen LogP contribution is 2.23. The van der Waals surface area contributed by atoms with E-state index >= 15 is 0 Å². The maximum atomic E-state index is 9.14. The van der Waals surface area contributed by atoms with Crippen LogP contribution in [0.1, 0.15) is 5.56 Å². The maximum absolute atomic E-state index is 9.14. The summed E-state index contributed by atoms with van der Waals surface area (Å²) in [6, 6.07) is 5.23. The third-order valence-corrected chi connectivity index (χ3v) is 1.46. The summed E-state index contributed by atoms with van der Waals surface area (Å²) in [4.78, 5) is 2.34. The highest BCUT2D eigenvalue weighted by molar-refractivity contribution is 6.24. The molecule has 2 nitrogen and oxygen atoms in total. The van der Waals surface area contributed by atoms with Crippen molar-refractivity contribution in [3.63, 3.8) is 0 Å². The SMILES string of the molecule is Cc1ccc(NCl)c(O)c1. The summed E-state index contributed by atoms with van der Waals surface area (Å²) >= 11 is 5.27. The van der Waals surface area contributed by atoms with Crippen molar-refractivity contribution in [2.75, 3.05) is 4.84 Å². The van der Waals surface area contributed by atoms with Crippen LogP contribution in [0.3, 0.4) is 0 Å². The first-order valence-electron chi connectivity index (χ1n) is 2.90. The Morgan fingerprint density at radius 1 is 1.50 bits per heavy atom. The van der Waals surface area contributed by atoms with Crippen LogP contribution in [0.25, 0.3) is 0 Å². The van der Waals surface area contributed by atoms with Gasteiger partial charge in [0.2, 0.25) is 0 Å². The molecular formula is C7H8ClNO. The molecule has 0 aliphatic carbocycles. The largest absolute Gasteiger partial charge is 0.506 e. The number of hydrogen-bond acceptors (Lipinski definition) is 2. The first kappa shape index (κ1) is 7.22. The molecule has 0 heterocycles. The molecule has 1 aromatic rings. The third kappa shape index (κ3) is 1.33. The van der Waals surface area contributed by atoms with Gasteiger partial charge in [0.25, 0.3) is 0 Å². The zero-order valence-electron chi connectivity index (χ0n) is 5.56.